The molecular formula is C36H73NO2. The SMILES string of the molecule is CCCCCCCCCCCCCCCCCC(=O)N[C@@H](C)[C@H](O)CCCCCCCCCCCCCCC. The topological polar surface area (TPSA) is 49.3 Å². The van der Waals surface area contributed by atoms with Crippen LogP contribution in [0.3, 0.4) is 0 Å². The van der Waals surface area contributed by atoms with Gasteiger partial charge in [-0.05, 0) is 19.8 Å². The third kappa shape index (κ3) is 30.2. The molecule has 0 aromatic carbocycles. The highest BCUT2D eigenvalue weighted by Gasteiger charge is 2.15. The molecule has 0 spiro atoms. The Bertz CT molecular complexity index is 481. The minimum Gasteiger partial charge on any atom is -0.391 e. The van der Waals surface area contributed by atoms with Gasteiger partial charge in [0.25, 0.3) is 0 Å². The van der Waals surface area contributed by atoms with Crippen molar-refractivity contribution in [3.8, 4) is 0 Å². The number of rotatable bonds is 32. The maximum absolute atomic E-state index is 12.3. The molecule has 0 aliphatic heterocycles. The van der Waals surface area contributed by atoms with Crippen molar-refractivity contribution in [2.45, 2.75) is 226 Å². The molecule has 2 atom stereocenters. The largest absolute Gasteiger partial charge is 0.391 e. The average molecular weight is 552 g/mol. The quantitative estimate of drug-likeness (QED) is 0.0817. The fraction of sp³-hybridized carbons (Fsp3) is 0.972. The van der Waals surface area contributed by atoms with E-state index in [1.54, 1.807) is 0 Å². The Balaban J connectivity index is 3.40. The van der Waals surface area contributed by atoms with Gasteiger partial charge in [0.05, 0.1) is 12.1 Å². The summed E-state index contributed by atoms with van der Waals surface area (Å²) < 4.78 is 0. The van der Waals surface area contributed by atoms with E-state index in [9.17, 15) is 9.90 Å². The van der Waals surface area contributed by atoms with Gasteiger partial charge in [0, 0.05) is 6.42 Å². The van der Waals surface area contributed by atoms with Crippen LogP contribution in [0.2, 0.25) is 0 Å². The van der Waals surface area contributed by atoms with Gasteiger partial charge in [0.2, 0.25) is 5.91 Å². The van der Waals surface area contributed by atoms with Gasteiger partial charge in [-0.1, -0.05) is 187 Å². The molecule has 0 saturated carbocycles. The second kappa shape index (κ2) is 32.0. The van der Waals surface area contributed by atoms with E-state index >= 15 is 0 Å². The van der Waals surface area contributed by atoms with Crippen LogP contribution in [0.25, 0.3) is 0 Å². The van der Waals surface area contributed by atoms with Crippen LogP contribution in [0.5, 0.6) is 0 Å². The normalized spacial score (nSPS) is 13.0. The summed E-state index contributed by atoms with van der Waals surface area (Å²) in [5.74, 6) is 0.113. The van der Waals surface area contributed by atoms with Gasteiger partial charge in [-0.15, -0.1) is 0 Å². The van der Waals surface area contributed by atoms with E-state index in [0.717, 1.165) is 25.7 Å². The van der Waals surface area contributed by atoms with Crippen molar-refractivity contribution in [1.82, 2.24) is 5.32 Å². The Morgan fingerprint density at radius 1 is 0.487 bits per heavy atom. The van der Waals surface area contributed by atoms with Gasteiger partial charge in [-0.25, -0.2) is 0 Å². The van der Waals surface area contributed by atoms with E-state index in [0.29, 0.717) is 6.42 Å². The van der Waals surface area contributed by atoms with Crippen LogP contribution < -0.4 is 5.32 Å². The molecule has 234 valence electrons. The summed E-state index contributed by atoms with van der Waals surface area (Å²) in [5.41, 5.74) is 0. The zero-order chi connectivity index (χ0) is 28.7. The Morgan fingerprint density at radius 2 is 0.769 bits per heavy atom. The minimum atomic E-state index is -0.414. The molecule has 0 aromatic heterocycles. The van der Waals surface area contributed by atoms with Gasteiger partial charge >= 0.3 is 0 Å². The Hall–Kier alpha value is -0.570. The molecule has 0 fully saturated rings. The highest BCUT2D eigenvalue weighted by molar-refractivity contribution is 5.76. The predicted octanol–water partition coefficient (Wildman–Crippen LogP) is 11.6. The van der Waals surface area contributed by atoms with Gasteiger partial charge in [-0.2, -0.15) is 0 Å². The molecule has 39 heavy (non-hydrogen) atoms. The van der Waals surface area contributed by atoms with E-state index < -0.39 is 6.10 Å². The first-order chi connectivity index (χ1) is 19.1. The van der Waals surface area contributed by atoms with Crippen LogP contribution in [0.15, 0.2) is 0 Å². The Labute approximate surface area is 246 Å². The lowest BCUT2D eigenvalue weighted by Crippen LogP contribution is -2.41. The second-order valence-electron chi connectivity index (χ2n) is 12.7. The number of aliphatic hydroxyl groups excluding tert-OH is 1. The molecular weight excluding hydrogens is 478 g/mol. The third-order valence-corrected chi connectivity index (χ3v) is 8.58. The van der Waals surface area contributed by atoms with Crippen molar-refractivity contribution in [3.63, 3.8) is 0 Å². The van der Waals surface area contributed by atoms with Gasteiger partial charge in [0.1, 0.15) is 0 Å². The number of carbonyl (C=O) groups is 1. The summed E-state index contributed by atoms with van der Waals surface area (Å²) >= 11 is 0. The van der Waals surface area contributed by atoms with E-state index in [-0.39, 0.29) is 11.9 Å². The number of amides is 1. The fourth-order valence-corrected chi connectivity index (χ4v) is 5.70. The lowest BCUT2D eigenvalue weighted by molar-refractivity contribution is -0.122. The standard InChI is InChI=1S/C36H73NO2/c1-4-6-8-10-12-14-16-18-19-21-23-25-27-29-31-33-36(39)37-34(3)35(38)32-30-28-26-24-22-20-17-15-13-11-9-7-5-2/h34-35,38H,4-33H2,1-3H3,(H,37,39)/t34-,35+/m0/s1. The first-order valence-electron chi connectivity index (χ1n) is 18.1. The van der Waals surface area contributed by atoms with Crippen molar-refractivity contribution < 1.29 is 9.90 Å². The van der Waals surface area contributed by atoms with Gasteiger partial charge in [-0.3, -0.25) is 4.79 Å². The maximum Gasteiger partial charge on any atom is 0.220 e. The zero-order valence-electron chi connectivity index (χ0n) is 27.2. The van der Waals surface area contributed by atoms with E-state index in [1.807, 2.05) is 6.92 Å². The minimum absolute atomic E-state index is 0.113. The van der Waals surface area contributed by atoms with Crippen molar-refractivity contribution >= 4 is 5.91 Å². The molecule has 0 rings (SSSR count). The molecule has 2 N–H and O–H groups in total. The zero-order valence-corrected chi connectivity index (χ0v) is 27.2. The van der Waals surface area contributed by atoms with E-state index in [4.69, 9.17) is 0 Å². The Kier molecular flexibility index (Phi) is 31.5. The summed E-state index contributed by atoms with van der Waals surface area (Å²) in [6.45, 7) is 6.52. The van der Waals surface area contributed by atoms with Crippen LogP contribution in [0.1, 0.15) is 213 Å². The van der Waals surface area contributed by atoms with Crippen LogP contribution >= 0.6 is 0 Å². The highest BCUT2D eigenvalue weighted by atomic mass is 16.3. The van der Waals surface area contributed by atoms with Crippen LogP contribution in [0.4, 0.5) is 0 Å². The van der Waals surface area contributed by atoms with Gasteiger partial charge < -0.3 is 10.4 Å². The van der Waals surface area contributed by atoms with Crippen molar-refractivity contribution in [2.24, 2.45) is 0 Å². The number of carbonyl (C=O) groups excluding carboxylic acids is 1. The van der Waals surface area contributed by atoms with Crippen LogP contribution in [0, 0.1) is 0 Å². The summed E-state index contributed by atoms with van der Waals surface area (Å²) in [7, 11) is 0. The smallest absolute Gasteiger partial charge is 0.220 e. The number of hydrogen-bond donors (Lipinski definition) is 2. The summed E-state index contributed by atoms with van der Waals surface area (Å²) in [4.78, 5) is 12.3. The molecule has 0 aliphatic carbocycles. The first kappa shape index (κ1) is 38.4. The molecule has 0 heterocycles. The van der Waals surface area contributed by atoms with Crippen molar-refractivity contribution in [3.05, 3.63) is 0 Å². The molecule has 3 nitrogen and oxygen atoms in total. The lowest BCUT2D eigenvalue weighted by Gasteiger charge is -2.20. The van der Waals surface area contributed by atoms with Crippen molar-refractivity contribution in [2.75, 3.05) is 0 Å². The third-order valence-electron chi connectivity index (χ3n) is 8.58. The first-order valence-corrected chi connectivity index (χ1v) is 18.1. The number of hydrogen-bond acceptors (Lipinski definition) is 2. The predicted molar refractivity (Wildman–Crippen MR) is 173 cm³/mol. The van der Waals surface area contributed by atoms with E-state index in [1.165, 1.54) is 161 Å². The molecule has 0 unspecified atom stereocenters. The molecule has 3 heteroatoms. The second-order valence-corrected chi connectivity index (χ2v) is 12.7. The fourth-order valence-electron chi connectivity index (χ4n) is 5.70. The number of aliphatic hydroxyl groups is 1. The number of nitrogens with one attached hydrogen (secondary N) is 1. The molecule has 0 radical (unpaired) electrons. The average Bonchev–Trinajstić information content (AvgIpc) is 2.93. The maximum atomic E-state index is 12.3. The summed E-state index contributed by atoms with van der Waals surface area (Å²) in [6, 6.07) is -0.133. The molecule has 0 aromatic rings. The molecule has 1 amide bonds. The lowest BCUT2D eigenvalue weighted by atomic mass is 10.0. The van der Waals surface area contributed by atoms with Crippen molar-refractivity contribution in [1.29, 1.82) is 0 Å². The molecule has 0 bridgehead atoms. The monoisotopic (exact) mass is 552 g/mol. The Morgan fingerprint density at radius 3 is 1.10 bits per heavy atom. The number of unbranched alkanes of at least 4 members (excludes halogenated alkanes) is 26. The van der Waals surface area contributed by atoms with E-state index in [2.05, 4.69) is 19.2 Å². The molecule has 0 saturated heterocycles. The summed E-state index contributed by atoms with van der Waals surface area (Å²) in [6.07, 6.45) is 38.6. The highest BCUT2D eigenvalue weighted by Crippen LogP contribution is 2.15. The van der Waals surface area contributed by atoms with Crippen LogP contribution in [-0.2, 0) is 4.79 Å². The van der Waals surface area contributed by atoms with Crippen LogP contribution in [-0.4, -0.2) is 23.2 Å². The summed E-state index contributed by atoms with van der Waals surface area (Å²) in [5, 5.41) is 13.5. The van der Waals surface area contributed by atoms with Gasteiger partial charge in [0.15, 0.2) is 0 Å². The molecule has 0 aliphatic rings.